The van der Waals surface area contributed by atoms with E-state index in [1.165, 1.54) is 0 Å². The molecule has 56 heavy (non-hydrogen) atoms. The lowest BCUT2D eigenvalue weighted by Gasteiger charge is -2.09. The highest BCUT2D eigenvalue weighted by atomic mass is 35.5. The van der Waals surface area contributed by atoms with E-state index in [1.807, 2.05) is 0 Å². The molecule has 288 valence electrons. The van der Waals surface area contributed by atoms with Crippen LogP contribution < -0.4 is 67.9 Å². The molecule has 9 rings (SSSR count). The van der Waals surface area contributed by atoms with Crippen molar-refractivity contribution in [3.05, 3.63) is 144 Å². The molecule has 0 fully saturated rings. The zero-order valence-electron chi connectivity index (χ0n) is 32.1. The third-order valence-electron chi connectivity index (χ3n) is 10.2. The van der Waals surface area contributed by atoms with Crippen molar-refractivity contribution in [1.82, 2.24) is 18.3 Å². The molecule has 0 radical (unpaired) electrons. The maximum Gasteiger partial charge on any atom is 0.292 e. The van der Waals surface area contributed by atoms with E-state index in [1.54, 1.807) is 0 Å². The maximum absolute atomic E-state index is 5.40. The highest BCUT2D eigenvalue weighted by Gasteiger charge is 2.36. The van der Waals surface area contributed by atoms with E-state index in [-0.39, 0.29) is 49.6 Å². The fourth-order valence-electron chi connectivity index (χ4n) is 7.77. The van der Waals surface area contributed by atoms with Crippen LogP contribution in [0.15, 0.2) is 141 Å². The summed E-state index contributed by atoms with van der Waals surface area (Å²) < 4.78 is 17.0. The minimum atomic E-state index is 0. The number of nitrogens with zero attached hydrogens (tertiary/aromatic N) is 12. The minimum absolute atomic E-state index is 0. The van der Waals surface area contributed by atoms with Crippen LogP contribution in [0.5, 0.6) is 0 Å². The molecular weight excluding hydrogens is 790 g/mol. The number of halogens is 4. The maximum atomic E-state index is 5.40. The van der Waals surface area contributed by atoms with Crippen LogP contribution in [0.2, 0.25) is 0 Å². The zero-order valence-corrected chi connectivity index (χ0v) is 35.1. The molecule has 0 aliphatic carbocycles. The van der Waals surface area contributed by atoms with Gasteiger partial charge in [-0.15, -0.1) is 0 Å². The second kappa shape index (κ2) is 15.6. The summed E-state index contributed by atoms with van der Waals surface area (Å²) in [4.78, 5) is 21.6. The van der Waals surface area contributed by atoms with Crippen LogP contribution >= 0.6 is 0 Å². The molecule has 0 aromatic carbocycles. The first-order valence-electron chi connectivity index (χ1n) is 17.2. The van der Waals surface area contributed by atoms with Crippen LogP contribution in [0, 0.1) is 0 Å². The first-order valence-corrected chi connectivity index (χ1v) is 17.2. The zero-order chi connectivity index (χ0) is 36.0. The Labute approximate surface area is 350 Å². The first-order chi connectivity index (χ1) is 25.1. The number of allylic oxidation sites excluding steroid dienone is 12. The lowest BCUT2D eigenvalue weighted by Crippen LogP contribution is -3.00. The fraction of sp³-hybridized carbons (Fsp3) is 0.200. The number of aliphatic imine (C=N–C) groups is 4. The predicted octanol–water partition coefficient (Wildman–Crippen LogP) is -9.64. The minimum Gasteiger partial charge on any atom is -1.00 e. The smallest absolute Gasteiger partial charge is 0.292 e. The number of fused-ring (bicyclic) bond motifs is 4. The van der Waals surface area contributed by atoms with E-state index in [2.05, 4.69) is 191 Å². The highest BCUT2D eigenvalue weighted by molar-refractivity contribution is 6.38. The van der Waals surface area contributed by atoms with Gasteiger partial charge in [0.15, 0.2) is 0 Å². The second-order valence-electron chi connectivity index (χ2n) is 13.7. The van der Waals surface area contributed by atoms with Crippen molar-refractivity contribution in [2.24, 2.45) is 76.4 Å². The van der Waals surface area contributed by atoms with E-state index in [0.717, 1.165) is 91.2 Å². The molecule has 0 saturated heterocycles. The van der Waals surface area contributed by atoms with Crippen LogP contribution in [-0.4, -0.2) is 41.1 Å². The molecule has 0 unspecified atom stereocenters. The molecule has 4 aromatic rings. The number of rotatable bonds is 4. The lowest BCUT2D eigenvalue weighted by atomic mass is 10.1. The molecule has 0 amide bonds. The quantitative estimate of drug-likeness (QED) is 0.184. The molecule has 0 N–H and O–H groups in total. The molecule has 9 heterocycles. The van der Waals surface area contributed by atoms with Gasteiger partial charge in [0.1, 0.15) is 71.9 Å². The summed E-state index contributed by atoms with van der Waals surface area (Å²) in [6.45, 7) is 0. The second-order valence-corrected chi connectivity index (χ2v) is 13.7. The number of hydrogen-bond donors (Lipinski definition) is 0. The van der Waals surface area contributed by atoms with Gasteiger partial charge in [0.25, 0.3) is 23.3 Å². The van der Waals surface area contributed by atoms with Crippen molar-refractivity contribution in [2.45, 2.75) is 0 Å². The average Bonchev–Trinajstić information content (AvgIpc) is 3.98. The van der Waals surface area contributed by atoms with E-state index in [4.69, 9.17) is 20.0 Å². The van der Waals surface area contributed by atoms with E-state index in [9.17, 15) is 0 Å². The SMILES string of the molecule is Cn1cc[n+](C)c1C1=C2C=CC(=N2)C(c2n(C)cc[n+]2C)=C2C=CC(=N2)C(c2n(C)cc[n+]2C)=C2C=CC(=N2)C(c2n(C)cc[n+]2C)=C2C=CC1=N2.[Cl-].[Cl-].[Cl-].[Cl-]. The Kier molecular flexibility index (Phi) is 11.6. The van der Waals surface area contributed by atoms with E-state index < -0.39 is 0 Å². The molecule has 5 aliphatic heterocycles. The van der Waals surface area contributed by atoms with E-state index >= 15 is 0 Å². The predicted molar refractivity (Wildman–Crippen MR) is 200 cm³/mol. The van der Waals surface area contributed by atoms with Crippen LogP contribution in [0.3, 0.4) is 0 Å². The number of aryl methyl sites for hydroxylation is 8. The van der Waals surface area contributed by atoms with Crippen molar-refractivity contribution in [3.8, 4) is 0 Å². The monoisotopic (exact) mass is 828 g/mol. The van der Waals surface area contributed by atoms with Crippen LogP contribution in [0.25, 0.3) is 22.3 Å². The summed E-state index contributed by atoms with van der Waals surface area (Å²) in [6.07, 6.45) is 33.3. The molecular formula is C40H40Cl4N12. The summed E-state index contributed by atoms with van der Waals surface area (Å²) in [7, 11) is 16.5. The summed E-state index contributed by atoms with van der Waals surface area (Å²) in [6, 6.07) is 0. The van der Waals surface area contributed by atoms with Crippen LogP contribution in [0.1, 0.15) is 23.3 Å². The summed E-state index contributed by atoms with van der Waals surface area (Å²) in [5, 5.41) is 0. The Morgan fingerprint density at radius 3 is 0.696 bits per heavy atom. The van der Waals surface area contributed by atoms with Crippen molar-refractivity contribution in [2.75, 3.05) is 0 Å². The highest BCUT2D eigenvalue weighted by Crippen LogP contribution is 2.37. The van der Waals surface area contributed by atoms with Crippen molar-refractivity contribution >= 4 is 45.1 Å². The third kappa shape index (κ3) is 6.46. The van der Waals surface area contributed by atoms with Crippen LogP contribution in [0.4, 0.5) is 0 Å². The third-order valence-corrected chi connectivity index (χ3v) is 10.2. The normalized spacial score (nSPS) is 16.6. The molecule has 0 atom stereocenters. The van der Waals surface area contributed by atoms with Gasteiger partial charge >= 0.3 is 0 Å². The van der Waals surface area contributed by atoms with Gasteiger partial charge in [-0.05, 0) is 48.6 Å². The van der Waals surface area contributed by atoms with Crippen molar-refractivity contribution < 1.29 is 67.9 Å². The number of aromatic nitrogens is 8. The van der Waals surface area contributed by atoms with Gasteiger partial charge in [-0.3, -0.25) is 0 Å². The van der Waals surface area contributed by atoms with Gasteiger partial charge in [0.05, 0.1) is 102 Å². The lowest BCUT2D eigenvalue weighted by molar-refractivity contribution is -0.673. The number of imidazole rings is 4. The van der Waals surface area contributed by atoms with Gasteiger partial charge in [-0.2, -0.15) is 0 Å². The number of hydrogen-bond acceptors (Lipinski definition) is 4. The van der Waals surface area contributed by atoms with Gasteiger partial charge in [-0.25, -0.2) is 56.5 Å². The van der Waals surface area contributed by atoms with E-state index in [0.29, 0.717) is 0 Å². The van der Waals surface area contributed by atoms with Gasteiger partial charge in [0.2, 0.25) is 0 Å². The molecule has 4 aromatic heterocycles. The summed E-state index contributed by atoms with van der Waals surface area (Å²) in [5.41, 5.74) is 10.4. The topological polar surface area (TPSA) is 84.7 Å². The van der Waals surface area contributed by atoms with Gasteiger partial charge in [-0.1, -0.05) is 0 Å². The van der Waals surface area contributed by atoms with Gasteiger partial charge in [0, 0.05) is 0 Å². The Hall–Kier alpha value is -5.40. The molecule has 0 saturated carbocycles. The molecule has 8 bridgehead atoms. The fourth-order valence-corrected chi connectivity index (χ4v) is 7.77. The molecule has 0 spiro atoms. The Bertz CT molecular complexity index is 2260. The van der Waals surface area contributed by atoms with Gasteiger partial charge < -0.3 is 49.6 Å². The standard InChI is InChI=1S/C40H40N12.4ClH/c1-45-17-18-46(2)37(45)33-25-9-11-27(41-25)34(38-47(3)19-20-48(38)4)29-13-15-31(43-29)36(40-51(7)23-24-52(40)8)32-16-14-30(44-32)35(28-12-10-26(33)42-28)39-49(5)21-22-50(39)6;;;;/h9-24H,1-8H3;4*1H/q+4;;;;/p-4. The largest absolute Gasteiger partial charge is 1.00 e. The summed E-state index contributed by atoms with van der Waals surface area (Å²) in [5.74, 6) is 3.96. The average molecular weight is 831 g/mol. The molecule has 12 nitrogen and oxygen atoms in total. The van der Waals surface area contributed by atoms with Crippen molar-refractivity contribution in [3.63, 3.8) is 0 Å². The van der Waals surface area contributed by atoms with Crippen molar-refractivity contribution in [1.29, 1.82) is 0 Å². The Balaban J connectivity index is 0.00000150. The Morgan fingerprint density at radius 2 is 0.536 bits per heavy atom. The summed E-state index contributed by atoms with van der Waals surface area (Å²) >= 11 is 0. The van der Waals surface area contributed by atoms with Crippen LogP contribution in [-0.2, 0) is 56.4 Å². The Morgan fingerprint density at radius 1 is 0.339 bits per heavy atom. The first kappa shape index (κ1) is 41.8. The molecule has 16 heteroatoms. The molecule has 5 aliphatic rings.